The van der Waals surface area contributed by atoms with Crippen LogP contribution in [0.3, 0.4) is 0 Å². The van der Waals surface area contributed by atoms with Gasteiger partial charge in [-0.1, -0.05) is 15.9 Å². The molecule has 0 spiro atoms. The molecule has 88 valence electrons. The summed E-state index contributed by atoms with van der Waals surface area (Å²) in [5, 5.41) is 2.85. The Bertz CT molecular complexity index is 399. The zero-order valence-corrected chi connectivity index (χ0v) is 11.0. The standard InChI is InChI=1S/C11H15BrN2O2/c1-6-10(16-7(2)14-6)11(15)13-5-9(12)8-3-4-8/h8-9H,3-5H2,1-2H3,(H,13,15). The Labute approximate surface area is 103 Å². The molecule has 1 aromatic rings. The van der Waals surface area contributed by atoms with Crippen LogP contribution in [0, 0.1) is 19.8 Å². The lowest BCUT2D eigenvalue weighted by Gasteiger charge is -2.08. The quantitative estimate of drug-likeness (QED) is 0.864. The lowest BCUT2D eigenvalue weighted by molar-refractivity contribution is 0.0923. The Morgan fingerprint density at radius 2 is 2.31 bits per heavy atom. The van der Waals surface area contributed by atoms with Gasteiger partial charge in [0.1, 0.15) is 0 Å². The first-order valence-corrected chi connectivity index (χ1v) is 6.36. The summed E-state index contributed by atoms with van der Waals surface area (Å²) in [7, 11) is 0. The van der Waals surface area contributed by atoms with Crippen LogP contribution in [0.2, 0.25) is 0 Å². The molecule has 1 heterocycles. The molecular weight excluding hydrogens is 272 g/mol. The molecule has 0 radical (unpaired) electrons. The summed E-state index contributed by atoms with van der Waals surface area (Å²) in [6.45, 7) is 4.15. The van der Waals surface area contributed by atoms with E-state index in [9.17, 15) is 4.79 Å². The van der Waals surface area contributed by atoms with Crippen LogP contribution in [0.4, 0.5) is 0 Å². The maximum Gasteiger partial charge on any atom is 0.289 e. The summed E-state index contributed by atoms with van der Waals surface area (Å²) in [5.74, 6) is 1.40. The van der Waals surface area contributed by atoms with Crippen LogP contribution in [0.5, 0.6) is 0 Å². The number of nitrogens with zero attached hydrogens (tertiary/aromatic N) is 1. The van der Waals surface area contributed by atoms with Gasteiger partial charge in [0.15, 0.2) is 5.89 Å². The molecule has 1 atom stereocenters. The highest BCUT2D eigenvalue weighted by atomic mass is 79.9. The van der Waals surface area contributed by atoms with E-state index in [4.69, 9.17) is 4.42 Å². The summed E-state index contributed by atoms with van der Waals surface area (Å²) in [6.07, 6.45) is 2.51. The number of alkyl halides is 1. The highest BCUT2D eigenvalue weighted by Crippen LogP contribution is 2.36. The van der Waals surface area contributed by atoms with Crippen molar-refractivity contribution in [1.29, 1.82) is 0 Å². The van der Waals surface area contributed by atoms with Crippen LogP contribution in [-0.2, 0) is 0 Å². The third-order valence-corrected chi connectivity index (χ3v) is 3.77. The molecule has 1 aromatic heterocycles. The zero-order valence-electron chi connectivity index (χ0n) is 9.42. The summed E-state index contributed by atoms with van der Waals surface area (Å²) < 4.78 is 5.25. The fourth-order valence-electron chi connectivity index (χ4n) is 1.64. The first kappa shape index (κ1) is 11.6. The van der Waals surface area contributed by atoms with Crippen LogP contribution in [-0.4, -0.2) is 22.3 Å². The Morgan fingerprint density at radius 3 is 2.81 bits per heavy atom. The van der Waals surface area contributed by atoms with Crippen molar-refractivity contribution in [3.8, 4) is 0 Å². The molecular formula is C11H15BrN2O2. The topological polar surface area (TPSA) is 55.1 Å². The molecule has 0 saturated heterocycles. The van der Waals surface area contributed by atoms with Gasteiger partial charge in [-0.15, -0.1) is 0 Å². The number of aryl methyl sites for hydroxylation is 2. The largest absolute Gasteiger partial charge is 0.436 e. The molecule has 1 aliphatic rings. The van der Waals surface area contributed by atoms with Crippen LogP contribution in [0.15, 0.2) is 4.42 Å². The zero-order chi connectivity index (χ0) is 11.7. The van der Waals surface area contributed by atoms with Crippen molar-refractivity contribution in [2.75, 3.05) is 6.54 Å². The number of nitrogens with one attached hydrogen (secondary N) is 1. The van der Waals surface area contributed by atoms with Crippen molar-refractivity contribution in [1.82, 2.24) is 10.3 Å². The molecule has 0 bridgehead atoms. The van der Waals surface area contributed by atoms with Gasteiger partial charge in [-0.25, -0.2) is 4.98 Å². The second-order valence-corrected chi connectivity index (χ2v) is 5.39. The van der Waals surface area contributed by atoms with E-state index in [1.807, 2.05) is 0 Å². The van der Waals surface area contributed by atoms with Gasteiger partial charge in [-0.3, -0.25) is 4.79 Å². The van der Waals surface area contributed by atoms with E-state index in [1.165, 1.54) is 12.8 Å². The number of carbonyl (C=O) groups is 1. The molecule has 5 heteroatoms. The minimum absolute atomic E-state index is 0.178. The lowest BCUT2D eigenvalue weighted by atomic mass is 10.3. The lowest BCUT2D eigenvalue weighted by Crippen LogP contribution is -2.30. The molecule has 0 aliphatic heterocycles. The Kier molecular flexibility index (Phi) is 3.33. The van der Waals surface area contributed by atoms with Gasteiger partial charge in [0.25, 0.3) is 5.91 Å². The third kappa shape index (κ3) is 2.64. The molecule has 1 unspecified atom stereocenters. The number of aromatic nitrogens is 1. The van der Waals surface area contributed by atoms with E-state index in [-0.39, 0.29) is 5.91 Å². The number of hydrogen-bond donors (Lipinski definition) is 1. The number of carbonyl (C=O) groups excluding carboxylic acids is 1. The van der Waals surface area contributed by atoms with Crippen molar-refractivity contribution in [2.45, 2.75) is 31.5 Å². The second kappa shape index (κ2) is 4.57. The van der Waals surface area contributed by atoms with E-state index in [2.05, 4.69) is 26.2 Å². The highest BCUT2D eigenvalue weighted by Gasteiger charge is 2.29. The van der Waals surface area contributed by atoms with Gasteiger partial charge in [0, 0.05) is 18.3 Å². The molecule has 2 rings (SSSR count). The van der Waals surface area contributed by atoms with Crippen LogP contribution >= 0.6 is 15.9 Å². The molecule has 1 aliphatic carbocycles. The smallest absolute Gasteiger partial charge is 0.289 e. The number of halogens is 1. The molecule has 1 fully saturated rings. The van der Waals surface area contributed by atoms with Crippen molar-refractivity contribution >= 4 is 21.8 Å². The van der Waals surface area contributed by atoms with E-state index < -0.39 is 0 Å². The number of rotatable bonds is 4. The van der Waals surface area contributed by atoms with Crippen molar-refractivity contribution in [3.05, 3.63) is 17.3 Å². The van der Waals surface area contributed by atoms with Crippen LogP contribution < -0.4 is 5.32 Å². The summed E-state index contributed by atoms with van der Waals surface area (Å²) in [5.41, 5.74) is 0.646. The second-order valence-electron chi connectivity index (χ2n) is 4.21. The van der Waals surface area contributed by atoms with E-state index in [1.54, 1.807) is 13.8 Å². The summed E-state index contributed by atoms with van der Waals surface area (Å²) in [6, 6.07) is 0. The van der Waals surface area contributed by atoms with Crippen molar-refractivity contribution < 1.29 is 9.21 Å². The Morgan fingerprint density at radius 1 is 1.62 bits per heavy atom. The third-order valence-electron chi connectivity index (χ3n) is 2.70. The van der Waals surface area contributed by atoms with Gasteiger partial charge in [0.05, 0.1) is 5.69 Å². The minimum Gasteiger partial charge on any atom is -0.436 e. The summed E-state index contributed by atoms with van der Waals surface area (Å²) >= 11 is 3.57. The van der Waals surface area contributed by atoms with Crippen molar-refractivity contribution in [3.63, 3.8) is 0 Å². The van der Waals surface area contributed by atoms with Gasteiger partial charge >= 0.3 is 0 Å². The molecule has 1 N–H and O–H groups in total. The first-order chi connectivity index (χ1) is 7.58. The van der Waals surface area contributed by atoms with E-state index >= 15 is 0 Å². The maximum absolute atomic E-state index is 11.8. The number of hydrogen-bond acceptors (Lipinski definition) is 3. The predicted molar refractivity (Wildman–Crippen MR) is 63.7 cm³/mol. The van der Waals surface area contributed by atoms with E-state index in [0.29, 0.717) is 28.7 Å². The molecule has 16 heavy (non-hydrogen) atoms. The number of oxazole rings is 1. The molecule has 4 nitrogen and oxygen atoms in total. The molecule has 1 amide bonds. The van der Waals surface area contributed by atoms with Gasteiger partial charge in [0.2, 0.25) is 5.76 Å². The average molecular weight is 287 g/mol. The SMILES string of the molecule is Cc1nc(C)c(C(=O)NCC(Br)C2CC2)o1. The van der Waals surface area contributed by atoms with Gasteiger partial charge in [-0.05, 0) is 25.7 Å². The maximum atomic E-state index is 11.8. The average Bonchev–Trinajstić information content (AvgIpc) is 3.01. The first-order valence-electron chi connectivity index (χ1n) is 5.44. The highest BCUT2D eigenvalue weighted by molar-refractivity contribution is 9.09. The molecule has 1 saturated carbocycles. The van der Waals surface area contributed by atoms with Gasteiger partial charge in [-0.2, -0.15) is 0 Å². The number of amides is 1. The Hall–Kier alpha value is -0.840. The normalized spacial score (nSPS) is 17.2. The van der Waals surface area contributed by atoms with Gasteiger partial charge < -0.3 is 9.73 Å². The fourth-order valence-corrected chi connectivity index (χ4v) is 2.33. The van der Waals surface area contributed by atoms with Crippen LogP contribution in [0.1, 0.15) is 35.0 Å². The van der Waals surface area contributed by atoms with E-state index in [0.717, 1.165) is 5.92 Å². The summed E-state index contributed by atoms with van der Waals surface area (Å²) in [4.78, 5) is 16.2. The van der Waals surface area contributed by atoms with Crippen molar-refractivity contribution in [2.24, 2.45) is 5.92 Å². The molecule has 0 aromatic carbocycles. The fraction of sp³-hybridized carbons (Fsp3) is 0.636. The predicted octanol–water partition coefficient (Wildman–Crippen LogP) is 2.19. The van der Waals surface area contributed by atoms with Crippen LogP contribution in [0.25, 0.3) is 0 Å². The Balaban J connectivity index is 1.89. The minimum atomic E-state index is -0.178. The monoisotopic (exact) mass is 286 g/mol.